The fraction of sp³-hybridized carbons (Fsp3) is 0.480. The molecule has 2 aromatic rings. The molecule has 7 heteroatoms. The number of nitrogens with zero attached hydrogens (tertiary/aromatic N) is 1. The van der Waals surface area contributed by atoms with E-state index in [-0.39, 0.29) is 18.4 Å². The molecule has 1 N–H and O–H groups in total. The van der Waals surface area contributed by atoms with Crippen LogP contribution in [0.1, 0.15) is 71.6 Å². The summed E-state index contributed by atoms with van der Waals surface area (Å²) in [5.74, 6) is 0.452. The number of hydrogen-bond acceptors (Lipinski definition) is 6. The van der Waals surface area contributed by atoms with E-state index >= 15 is 0 Å². The number of pyridine rings is 1. The first kappa shape index (κ1) is 23.7. The lowest BCUT2D eigenvalue weighted by Crippen LogP contribution is -2.35. The Morgan fingerprint density at radius 2 is 1.91 bits per heavy atom. The lowest BCUT2D eigenvalue weighted by atomic mass is 9.88. The SMILES string of the molecule is CCC1OCc2cccc(Oc3ccc(NC(=O)C(C)(C)CC(=O)OC(C)(C)C)cn3)c21. The molecule has 1 aliphatic heterocycles. The van der Waals surface area contributed by atoms with Crippen molar-refractivity contribution < 1.29 is 23.8 Å². The summed E-state index contributed by atoms with van der Waals surface area (Å²) in [6, 6.07) is 9.32. The van der Waals surface area contributed by atoms with Crippen molar-refractivity contribution in [1.82, 2.24) is 4.98 Å². The number of carbonyl (C=O) groups is 2. The normalized spacial score (nSPS) is 15.8. The predicted octanol–water partition coefficient (Wildman–Crippen LogP) is 5.55. The van der Waals surface area contributed by atoms with Gasteiger partial charge in [-0.1, -0.05) is 32.9 Å². The standard InChI is InChI=1S/C25H32N2O5/c1-7-18-22-16(15-30-18)9-8-10-19(22)31-20-12-11-17(14-26-20)27-23(29)25(5,6)13-21(28)32-24(2,3)4/h8-12,14,18H,7,13,15H2,1-6H3,(H,27,29). The minimum atomic E-state index is -0.933. The largest absolute Gasteiger partial charge is 0.460 e. The van der Waals surface area contributed by atoms with Crippen LogP contribution in [0.15, 0.2) is 36.5 Å². The predicted molar refractivity (Wildman–Crippen MR) is 121 cm³/mol. The Kier molecular flexibility index (Phi) is 6.88. The Morgan fingerprint density at radius 1 is 1.16 bits per heavy atom. The van der Waals surface area contributed by atoms with Gasteiger partial charge in [0.15, 0.2) is 0 Å². The fourth-order valence-corrected chi connectivity index (χ4v) is 3.51. The van der Waals surface area contributed by atoms with E-state index in [0.717, 1.165) is 23.3 Å². The number of amides is 1. The summed E-state index contributed by atoms with van der Waals surface area (Å²) in [7, 11) is 0. The van der Waals surface area contributed by atoms with Gasteiger partial charge in [0, 0.05) is 11.6 Å². The molecule has 2 heterocycles. The second kappa shape index (κ2) is 9.28. The molecule has 1 amide bonds. The first-order chi connectivity index (χ1) is 15.0. The second-order valence-electron chi connectivity index (χ2n) is 9.63. The van der Waals surface area contributed by atoms with Crippen LogP contribution in [0.3, 0.4) is 0 Å². The number of ether oxygens (including phenoxy) is 3. The van der Waals surface area contributed by atoms with Crippen molar-refractivity contribution in [2.45, 2.75) is 72.7 Å². The number of anilines is 1. The number of carbonyl (C=O) groups excluding carboxylic acids is 2. The van der Waals surface area contributed by atoms with Crippen LogP contribution in [-0.2, 0) is 25.7 Å². The Hall–Kier alpha value is -2.93. The molecule has 1 aliphatic rings. The Labute approximate surface area is 189 Å². The van der Waals surface area contributed by atoms with Gasteiger partial charge in [-0.2, -0.15) is 0 Å². The summed E-state index contributed by atoms with van der Waals surface area (Å²) < 4.78 is 17.2. The van der Waals surface area contributed by atoms with Gasteiger partial charge < -0.3 is 19.5 Å². The van der Waals surface area contributed by atoms with E-state index in [1.807, 2.05) is 18.2 Å². The van der Waals surface area contributed by atoms with Crippen LogP contribution in [0.5, 0.6) is 11.6 Å². The molecule has 0 saturated heterocycles. The van der Waals surface area contributed by atoms with Crippen molar-refractivity contribution in [3.05, 3.63) is 47.7 Å². The number of benzene rings is 1. The first-order valence-electron chi connectivity index (χ1n) is 10.9. The van der Waals surface area contributed by atoms with E-state index in [1.54, 1.807) is 46.8 Å². The highest BCUT2D eigenvalue weighted by Gasteiger charge is 2.33. The molecule has 1 aromatic carbocycles. The number of rotatable bonds is 7. The maximum absolute atomic E-state index is 12.7. The minimum Gasteiger partial charge on any atom is -0.460 e. The van der Waals surface area contributed by atoms with Crippen molar-refractivity contribution >= 4 is 17.6 Å². The third-order valence-corrected chi connectivity index (χ3v) is 5.12. The van der Waals surface area contributed by atoms with Crippen molar-refractivity contribution in [2.24, 2.45) is 5.41 Å². The number of nitrogens with one attached hydrogen (secondary N) is 1. The smallest absolute Gasteiger partial charge is 0.307 e. The van der Waals surface area contributed by atoms with E-state index in [2.05, 4.69) is 17.2 Å². The third kappa shape index (κ3) is 5.85. The van der Waals surface area contributed by atoms with Gasteiger partial charge in [0.05, 0.1) is 36.4 Å². The van der Waals surface area contributed by atoms with Gasteiger partial charge in [-0.15, -0.1) is 0 Å². The average molecular weight is 441 g/mol. The monoisotopic (exact) mass is 440 g/mol. The molecular formula is C25H32N2O5. The Balaban J connectivity index is 1.64. The highest BCUT2D eigenvalue weighted by molar-refractivity contribution is 5.96. The van der Waals surface area contributed by atoms with Gasteiger partial charge in [0.25, 0.3) is 0 Å². The van der Waals surface area contributed by atoms with Crippen LogP contribution < -0.4 is 10.1 Å². The molecule has 0 bridgehead atoms. The van der Waals surface area contributed by atoms with Crippen LogP contribution in [0.2, 0.25) is 0 Å². The van der Waals surface area contributed by atoms with Gasteiger partial charge in [-0.3, -0.25) is 9.59 Å². The molecule has 0 radical (unpaired) electrons. The summed E-state index contributed by atoms with van der Waals surface area (Å²) in [4.78, 5) is 29.2. The van der Waals surface area contributed by atoms with E-state index in [1.165, 1.54) is 6.20 Å². The zero-order valence-electron chi connectivity index (χ0n) is 19.7. The molecule has 0 spiro atoms. The molecule has 3 rings (SSSR count). The molecule has 0 aliphatic carbocycles. The average Bonchev–Trinajstić information content (AvgIpc) is 3.12. The van der Waals surface area contributed by atoms with Crippen molar-refractivity contribution in [2.75, 3.05) is 5.32 Å². The van der Waals surface area contributed by atoms with Crippen LogP contribution in [0.4, 0.5) is 5.69 Å². The van der Waals surface area contributed by atoms with Gasteiger partial charge in [0.1, 0.15) is 11.4 Å². The van der Waals surface area contributed by atoms with E-state index in [4.69, 9.17) is 14.2 Å². The number of aromatic nitrogens is 1. The molecule has 1 unspecified atom stereocenters. The van der Waals surface area contributed by atoms with E-state index in [0.29, 0.717) is 18.2 Å². The van der Waals surface area contributed by atoms with Gasteiger partial charge >= 0.3 is 5.97 Å². The Bertz CT molecular complexity index is 977. The van der Waals surface area contributed by atoms with Crippen LogP contribution in [0, 0.1) is 5.41 Å². The van der Waals surface area contributed by atoms with Gasteiger partial charge in [-0.05, 0) is 44.9 Å². The maximum Gasteiger partial charge on any atom is 0.307 e. The van der Waals surface area contributed by atoms with Gasteiger partial charge in [0.2, 0.25) is 11.8 Å². The van der Waals surface area contributed by atoms with Crippen LogP contribution in [0.25, 0.3) is 0 Å². The molecule has 1 aromatic heterocycles. The maximum atomic E-state index is 12.7. The first-order valence-corrected chi connectivity index (χ1v) is 10.9. The summed E-state index contributed by atoms with van der Waals surface area (Å²) in [5.41, 5.74) is 1.19. The van der Waals surface area contributed by atoms with E-state index in [9.17, 15) is 9.59 Å². The molecular weight excluding hydrogens is 408 g/mol. The second-order valence-corrected chi connectivity index (χ2v) is 9.63. The highest BCUT2D eigenvalue weighted by Crippen LogP contribution is 2.40. The molecule has 32 heavy (non-hydrogen) atoms. The fourth-order valence-electron chi connectivity index (χ4n) is 3.51. The molecule has 172 valence electrons. The molecule has 1 atom stereocenters. The van der Waals surface area contributed by atoms with Crippen LogP contribution in [-0.4, -0.2) is 22.5 Å². The molecule has 7 nitrogen and oxygen atoms in total. The topological polar surface area (TPSA) is 86.8 Å². The molecule has 0 saturated carbocycles. The highest BCUT2D eigenvalue weighted by atomic mass is 16.6. The van der Waals surface area contributed by atoms with Crippen LogP contribution >= 0.6 is 0 Å². The van der Waals surface area contributed by atoms with Crippen molar-refractivity contribution in [1.29, 1.82) is 0 Å². The zero-order valence-corrected chi connectivity index (χ0v) is 19.7. The van der Waals surface area contributed by atoms with Crippen molar-refractivity contribution in [3.63, 3.8) is 0 Å². The zero-order chi connectivity index (χ0) is 23.5. The van der Waals surface area contributed by atoms with E-state index < -0.39 is 17.0 Å². The van der Waals surface area contributed by atoms with Gasteiger partial charge in [-0.25, -0.2) is 4.98 Å². The summed E-state index contributed by atoms with van der Waals surface area (Å²) in [6.07, 6.45) is 2.40. The summed E-state index contributed by atoms with van der Waals surface area (Å²) in [6.45, 7) is 11.5. The quantitative estimate of drug-likeness (QED) is 0.568. The lowest BCUT2D eigenvalue weighted by molar-refractivity contribution is -0.158. The lowest BCUT2D eigenvalue weighted by Gasteiger charge is -2.25. The number of esters is 1. The summed E-state index contributed by atoms with van der Waals surface area (Å²) in [5, 5.41) is 2.81. The number of fused-ring (bicyclic) bond motifs is 1. The molecule has 0 fully saturated rings. The minimum absolute atomic E-state index is 0.0203. The third-order valence-electron chi connectivity index (χ3n) is 5.12. The Morgan fingerprint density at radius 3 is 2.53 bits per heavy atom. The van der Waals surface area contributed by atoms with Crippen molar-refractivity contribution in [3.8, 4) is 11.6 Å². The summed E-state index contributed by atoms with van der Waals surface area (Å²) >= 11 is 0. The number of hydrogen-bond donors (Lipinski definition) is 1.